The Morgan fingerprint density at radius 2 is 2.11 bits per heavy atom. The molecule has 0 saturated heterocycles. The standard InChI is InChI=1S/C12H17N3O4/c1-8(2)14(7-9(3)12(16)17)11-5-4-10(6-13-11)15(18)19/h4-6,8-9H,7H2,1-3H3,(H,16,17). The van der Waals surface area contributed by atoms with Gasteiger partial charge in [-0.15, -0.1) is 0 Å². The van der Waals surface area contributed by atoms with Gasteiger partial charge in [-0.1, -0.05) is 6.92 Å². The second kappa shape index (κ2) is 6.12. The van der Waals surface area contributed by atoms with Gasteiger partial charge in [0.1, 0.15) is 12.0 Å². The van der Waals surface area contributed by atoms with Crippen molar-refractivity contribution in [1.29, 1.82) is 0 Å². The van der Waals surface area contributed by atoms with Crippen LogP contribution in [-0.4, -0.2) is 33.6 Å². The van der Waals surface area contributed by atoms with Gasteiger partial charge in [0.15, 0.2) is 0 Å². The Hall–Kier alpha value is -2.18. The van der Waals surface area contributed by atoms with Crippen molar-refractivity contribution in [2.45, 2.75) is 26.8 Å². The van der Waals surface area contributed by atoms with Crippen LogP contribution in [0.2, 0.25) is 0 Å². The molecule has 0 amide bonds. The summed E-state index contributed by atoms with van der Waals surface area (Å²) >= 11 is 0. The van der Waals surface area contributed by atoms with Gasteiger partial charge in [0.25, 0.3) is 5.69 Å². The minimum Gasteiger partial charge on any atom is -0.481 e. The number of carboxylic acids is 1. The van der Waals surface area contributed by atoms with E-state index in [0.717, 1.165) is 0 Å². The molecule has 0 aliphatic rings. The molecular weight excluding hydrogens is 250 g/mol. The van der Waals surface area contributed by atoms with E-state index in [4.69, 9.17) is 5.11 Å². The lowest BCUT2D eigenvalue weighted by molar-refractivity contribution is -0.385. The molecule has 0 bridgehead atoms. The molecule has 1 aromatic rings. The zero-order valence-electron chi connectivity index (χ0n) is 11.1. The monoisotopic (exact) mass is 267 g/mol. The summed E-state index contributed by atoms with van der Waals surface area (Å²) in [6.45, 7) is 5.75. The molecule has 1 N–H and O–H groups in total. The first-order chi connectivity index (χ1) is 8.82. The largest absolute Gasteiger partial charge is 0.481 e. The summed E-state index contributed by atoms with van der Waals surface area (Å²) in [5, 5.41) is 19.5. The third-order valence-corrected chi connectivity index (χ3v) is 2.75. The SMILES string of the molecule is CC(CN(c1ccc([N+](=O)[O-])cn1)C(C)C)C(=O)O. The molecular formula is C12H17N3O4. The fourth-order valence-electron chi connectivity index (χ4n) is 1.60. The van der Waals surface area contributed by atoms with Crippen molar-refractivity contribution in [1.82, 2.24) is 4.98 Å². The first kappa shape index (κ1) is 14.9. The molecule has 0 radical (unpaired) electrons. The topological polar surface area (TPSA) is 96.6 Å². The summed E-state index contributed by atoms with van der Waals surface area (Å²) in [6, 6.07) is 2.95. The number of anilines is 1. The summed E-state index contributed by atoms with van der Waals surface area (Å²) in [6.07, 6.45) is 1.18. The molecule has 0 saturated carbocycles. The summed E-state index contributed by atoms with van der Waals surface area (Å²) < 4.78 is 0. The maximum atomic E-state index is 10.9. The normalized spacial score (nSPS) is 12.2. The van der Waals surface area contributed by atoms with E-state index >= 15 is 0 Å². The predicted octanol–water partition coefficient (Wildman–Crippen LogP) is 1.93. The Morgan fingerprint density at radius 1 is 1.47 bits per heavy atom. The van der Waals surface area contributed by atoms with Crippen LogP contribution in [0.15, 0.2) is 18.3 Å². The van der Waals surface area contributed by atoms with E-state index in [0.29, 0.717) is 12.4 Å². The van der Waals surface area contributed by atoms with Crippen LogP contribution in [-0.2, 0) is 4.79 Å². The van der Waals surface area contributed by atoms with Crippen molar-refractivity contribution in [3.63, 3.8) is 0 Å². The number of hydrogen-bond donors (Lipinski definition) is 1. The molecule has 1 rings (SSSR count). The number of aliphatic carboxylic acids is 1. The number of rotatable bonds is 6. The minimum atomic E-state index is -0.882. The number of hydrogen-bond acceptors (Lipinski definition) is 5. The molecule has 0 fully saturated rings. The number of carboxylic acid groups (broad SMARTS) is 1. The van der Waals surface area contributed by atoms with Crippen molar-refractivity contribution in [2.24, 2.45) is 5.92 Å². The van der Waals surface area contributed by atoms with Crippen molar-refractivity contribution >= 4 is 17.5 Å². The van der Waals surface area contributed by atoms with Gasteiger partial charge >= 0.3 is 5.97 Å². The Morgan fingerprint density at radius 3 is 2.47 bits per heavy atom. The molecule has 1 unspecified atom stereocenters. The number of nitrogens with zero attached hydrogens (tertiary/aromatic N) is 3. The Kier molecular flexibility index (Phi) is 4.80. The highest BCUT2D eigenvalue weighted by molar-refractivity contribution is 5.70. The highest BCUT2D eigenvalue weighted by Gasteiger charge is 2.20. The van der Waals surface area contributed by atoms with E-state index in [2.05, 4.69) is 4.98 Å². The molecule has 104 valence electrons. The van der Waals surface area contributed by atoms with Gasteiger partial charge in [0.05, 0.1) is 10.8 Å². The van der Waals surface area contributed by atoms with Gasteiger partial charge < -0.3 is 10.0 Å². The van der Waals surface area contributed by atoms with E-state index in [9.17, 15) is 14.9 Å². The van der Waals surface area contributed by atoms with Gasteiger partial charge in [-0.25, -0.2) is 4.98 Å². The fourth-order valence-corrected chi connectivity index (χ4v) is 1.60. The van der Waals surface area contributed by atoms with Crippen molar-refractivity contribution in [3.8, 4) is 0 Å². The molecule has 19 heavy (non-hydrogen) atoms. The van der Waals surface area contributed by atoms with E-state index in [1.165, 1.54) is 18.3 Å². The van der Waals surface area contributed by atoms with Gasteiger partial charge in [0.2, 0.25) is 0 Å². The van der Waals surface area contributed by atoms with Crippen molar-refractivity contribution < 1.29 is 14.8 Å². The third-order valence-electron chi connectivity index (χ3n) is 2.75. The van der Waals surface area contributed by atoms with Gasteiger partial charge in [-0.2, -0.15) is 0 Å². The molecule has 1 heterocycles. The predicted molar refractivity (Wildman–Crippen MR) is 70.2 cm³/mol. The maximum absolute atomic E-state index is 10.9. The zero-order valence-corrected chi connectivity index (χ0v) is 11.1. The molecule has 1 atom stereocenters. The van der Waals surface area contributed by atoms with Crippen LogP contribution in [0.4, 0.5) is 11.5 Å². The van der Waals surface area contributed by atoms with E-state index in [1.807, 2.05) is 18.7 Å². The molecule has 0 aromatic carbocycles. The highest BCUT2D eigenvalue weighted by Crippen LogP contribution is 2.19. The highest BCUT2D eigenvalue weighted by atomic mass is 16.6. The first-order valence-electron chi connectivity index (χ1n) is 5.92. The summed E-state index contributed by atoms with van der Waals surface area (Å²) in [5.41, 5.74) is -0.0845. The average molecular weight is 267 g/mol. The molecule has 0 spiro atoms. The number of nitro groups is 1. The number of carbonyl (C=O) groups is 1. The van der Waals surface area contributed by atoms with E-state index < -0.39 is 16.8 Å². The Bertz CT molecular complexity index is 459. The van der Waals surface area contributed by atoms with Crippen LogP contribution in [0.25, 0.3) is 0 Å². The van der Waals surface area contributed by atoms with Crippen LogP contribution in [0.5, 0.6) is 0 Å². The van der Waals surface area contributed by atoms with Crippen LogP contribution in [0.3, 0.4) is 0 Å². The zero-order chi connectivity index (χ0) is 14.6. The smallest absolute Gasteiger partial charge is 0.308 e. The van der Waals surface area contributed by atoms with Crippen LogP contribution >= 0.6 is 0 Å². The van der Waals surface area contributed by atoms with Gasteiger partial charge in [-0.05, 0) is 19.9 Å². The third kappa shape index (κ3) is 3.90. The van der Waals surface area contributed by atoms with Crippen LogP contribution < -0.4 is 4.90 Å². The minimum absolute atomic E-state index is 0.0516. The van der Waals surface area contributed by atoms with Gasteiger partial charge in [0, 0.05) is 18.7 Å². The summed E-state index contributed by atoms with van der Waals surface area (Å²) in [7, 11) is 0. The Balaban J connectivity index is 2.93. The lowest BCUT2D eigenvalue weighted by atomic mass is 10.1. The second-order valence-electron chi connectivity index (χ2n) is 4.62. The van der Waals surface area contributed by atoms with Crippen molar-refractivity contribution in [2.75, 3.05) is 11.4 Å². The molecule has 0 aliphatic carbocycles. The molecule has 7 nitrogen and oxygen atoms in total. The summed E-state index contributed by atoms with van der Waals surface area (Å²) in [4.78, 5) is 26.8. The fraction of sp³-hybridized carbons (Fsp3) is 0.500. The lowest BCUT2D eigenvalue weighted by Gasteiger charge is -2.29. The molecule has 7 heteroatoms. The molecule has 0 aliphatic heterocycles. The second-order valence-corrected chi connectivity index (χ2v) is 4.62. The van der Waals surface area contributed by atoms with Crippen molar-refractivity contribution in [3.05, 3.63) is 28.4 Å². The summed E-state index contributed by atoms with van der Waals surface area (Å²) in [5.74, 6) is -0.888. The average Bonchev–Trinajstić information content (AvgIpc) is 2.35. The van der Waals surface area contributed by atoms with E-state index in [1.54, 1.807) is 6.92 Å². The lowest BCUT2D eigenvalue weighted by Crippen LogP contribution is -2.37. The van der Waals surface area contributed by atoms with E-state index in [-0.39, 0.29) is 11.7 Å². The van der Waals surface area contributed by atoms with Crippen LogP contribution in [0, 0.1) is 16.0 Å². The van der Waals surface area contributed by atoms with Crippen LogP contribution in [0.1, 0.15) is 20.8 Å². The molecule has 1 aromatic heterocycles. The number of pyridine rings is 1. The maximum Gasteiger partial charge on any atom is 0.308 e. The van der Waals surface area contributed by atoms with Gasteiger partial charge in [-0.3, -0.25) is 14.9 Å². The number of aromatic nitrogens is 1. The first-order valence-corrected chi connectivity index (χ1v) is 5.92. The Labute approximate surface area is 111 Å². The quantitative estimate of drug-likeness (QED) is 0.624.